The summed E-state index contributed by atoms with van der Waals surface area (Å²) in [5.74, 6) is -2.85. The van der Waals surface area contributed by atoms with Crippen molar-refractivity contribution < 1.29 is 17.9 Å². The Morgan fingerprint density at radius 1 is 1.25 bits per heavy atom. The Morgan fingerprint density at radius 2 is 1.90 bits per heavy atom. The average molecular weight is 298 g/mol. The Bertz CT molecular complexity index is 633. The zero-order chi connectivity index (χ0) is 14.7. The molecule has 5 heteroatoms. The lowest BCUT2D eigenvalue weighted by Gasteiger charge is -2.10. The molecule has 0 spiro atoms. The van der Waals surface area contributed by atoms with Gasteiger partial charge in [0.25, 0.3) is 0 Å². The van der Waals surface area contributed by atoms with Crippen LogP contribution in [0.1, 0.15) is 0 Å². The molecule has 0 fully saturated rings. The van der Waals surface area contributed by atoms with E-state index in [1.807, 2.05) is 0 Å². The largest absolute Gasteiger partial charge is 0.489 e. The van der Waals surface area contributed by atoms with Crippen LogP contribution in [0.4, 0.5) is 13.2 Å². The average Bonchev–Trinajstić information content (AvgIpc) is 2.40. The number of hydrogen-bond donors (Lipinski definition) is 0. The molecule has 0 saturated heterocycles. The molecular formula is C15H9ClF3O. The monoisotopic (exact) mass is 297 g/mol. The SMILES string of the molecule is C=CCOc1cc(F)c(-c2[c]ccc(Cl)c2F)c(F)c1. The zero-order valence-electron chi connectivity index (χ0n) is 10.2. The van der Waals surface area contributed by atoms with E-state index in [-0.39, 0.29) is 22.9 Å². The van der Waals surface area contributed by atoms with E-state index in [1.54, 1.807) is 0 Å². The molecule has 0 unspecified atom stereocenters. The van der Waals surface area contributed by atoms with Crippen molar-refractivity contribution in [3.05, 3.63) is 65.5 Å². The first-order chi connectivity index (χ1) is 9.54. The molecule has 0 aliphatic heterocycles. The number of benzene rings is 2. The van der Waals surface area contributed by atoms with Crippen LogP contribution in [0.2, 0.25) is 5.02 Å². The topological polar surface area (TPSA) is 9.23 Å². The first kappa shape index (κ1) is 14.5. The van der Waals surface area contributed by atoms with Gasteiger partial charge in [-0.25, -0.2) is 13.2 Å². The number of rotatable bonds is 4. The smallest absolute Gasteiger partial charge is 0.150 e. The van der Waals surface area contributed by atoms with Gasteiger partial charge >= 0.3 is 0 Å². The molecule has 0 heterocycles. The van der Waals surface area contributed by atoms with Crippen molar-refractivity contribution in [3.8, 4) is 16.9 Å². The van der Waals surface area contributed by atoms with Crippen molar-refractivity contribution in [1.29, 1.82) is 0 Å². The van der Waals surface area contributed by atoms with Gasteiger partial charge in [-0.3, -0.25) is 0 Å². The molecule has 0 aromatic heterocycles. The van der Waals surface area contributed by atoms with Gasteiger partial charge in [0.15, 0.2) is 0 Å². The zero-order valence-corrected chi connectivity index (χ0v) is 11.0. The highest BCUT2D eigenvalue weighted by atomic mass is 35.5. The molecule has 0 bridgehead atoms. The van der Waals surface area contributed by atoms with Gasteiger partial charge in [-0.2, -0.15) is 0 Å². The van der Waals surface area contributed by atoms with E-state index in [2.05, 4.69) is 12.6 Å². The molecule has 0 atom stereocenters. The van der Waals surface area contributed by atoms with Crippen LogP contribution in [-0.2, 0) is 0 Å². The van der Waals surface area contributed by atoms with Gasteiger partial charge in [0.05, 0.1) is 10.6 Å². The van der Waals surface area contributed by atoms with E-state index in [9.17, 15) is 13.2 Å². The van der Waals surface area contributed by atoms with Crippen LogP contribution in [0.3, 0.4) is 0 Å². The molecule has 1 radical (unpaired) electrons. The lowest BCUT2D eigenvalue weighted by Crippen LogP contribution is -1.98. The molecule has 0 amide bonds. The Hall–Kier alpha value is -1.94. The minimum absolute atomic E-state index is 0.00825. The fraction of sp³-hybridized carbons (Fsp3) is 0.0667. The first-order valence-corrected chi connectivity index (χ1v) is 6.01. The lowest BCUT2D eigenvalue weighted by molar-refractivity contribution is 0.358. The van der Waals surface area contributed by atoms with Gasteiger partial charge in [-0.05, 0) is 12.1 Å². The minimum atomic E-state index is -0.957. The van der Waals surface area contributed by atoms with Crippen LogP contribution in [0.5, 0.6) is 5.75 Å². The molecule has 0 aliphatic carbocycles. The third kappa shape index (κ3) is 2.80. The van der Waals surface area contributed by atoms with Crippen LogP contribution >= 0.6 is 11.6 Å². The van der Waals surface area contributed by atoms with E-state index >= 15 is 0 Å². The highest BCUT2D eigenvalue weighted by Crippen LogP contribution is 2.33. The highest BCUT2D eigenvalue weighted by molar-refractivity contribution is 6.31. The summed E-state index contributed by atoms with van der Waals surface area (Å²) < 4.78 is 46.8. The summed E-state index contributed by atoms with van der Waals surface area (Å²) in [6.45, 7) is 3.53. The quantitative estimate of drug-likeness (QED) is 0.737. The Labute approximate surface area is 119 Å². The molecular weight excluding hydrogens is 289 g/mol. The molecule has 0 N–H and O–H groups in total. The first-order valence-electron chi connectivity index (χ1n) is 5.63. The van der Waals surface area contributed by atoms with Gasteiger partial charge in [0.1, 0.15) is 29.8 Å². The van der Waals surface area contributed by atoms with E-state index in [0.717, 1.165) is 12.1 Å². The van der Waals surface area contributed by atoms with Crippen molar-refractivity contribution in [2.24, 2.45) is 0 Å². The summed E-state index contributed by atoms with van der Waals surface area (Å²) in [6.07, 6.45) is 1.44. The predicted octanol–water partition coefficient (Wildman–Crippen LogP) is 4.79. The molecule has 2 rings (SSSR count). The summed E-state index contributed by atoms with van der Waals surface area (Å²) in [5, 5.41) is -0.232. The van der Waals surface area contributed by atoms with Crippen LogP contribution in [0.25, 0.3) is 11.1 Å². The third-order valence-corrected chi connectivity index (χ3v) is 2.81. The van der Waals surface area contributed by atoms with E-state index in [4.69, 9.17) is 16.3 Å². The van der Waals surface area contributed by atoms with E-state index in [1.165, 1.54) is 18.2 Å². The van der Waals surface area contributed by atoms with Crippen LogP contribution in [0, 0.1) is 23.5 Å². The Morgan fingerprint density at radius 3 is 2.50 bits per heavy atom. The van der Waals surface area contributed by atoms with E-state index in [0.29, 0.717) is 0 Å². The van der Waals surface area contributed by atoms with Gasteiger partial charge in [0.2, 0.25) is 0 Å². The fourth-order valence-electron chi connectivity index (χ4n) is 1.66. The van der Waals surface area contributed by atoms with Crippen molar-refractivity contribution >= 4 is 11.6 Å². The molecule has 0 aliphatic rings. The Kier molecular flexibility index (Phi) is 4.35. The maximum atomic E-state index is 14.0. The van der Waals surface area contributed by atoms with E-state index < -0.39 is 23.0 Å². The second-order valence-electron chi connectivity index (χ2n) is 3.88. The summed E-state index contributed by atoms with van der Waals surface area (Å²) in [4.78, 5) is 0. The van der Waals surface area contributed by atoms with Crippen LogP contribution in [0.15, 0.2) is 36.9 Å². The number of ether oxygens (including phenoxy) is 1. The second kappa shape index (κ2) is 6.01. The highest BCUT2D eigenvalue weighted by Gasteiger charge is 2.18. The number of hydrogen-bond acceptors (Lipinski definition) is 1. The maximum absolute atomic E-state index is 14.0. The van der Waals surface area contributed by atoms with Crippen molar-refractivity contribution in [2.45, 2.75) is 0 Å². The molecule has 0 saturated carbocycles. The van der Waals surface area contributed by atoms with Crippen molar-refractivity contribution in [3.63, 3.8) is 0 Å². The molecule has 103 valence electrons. The minimum Gasteiger partial charge on any atom is -0.489 e. The summed E-state index contributed by atoms with van der Waals surface area (Å²) in [7, 11) is 0. The standard InChI is InChI=1S/C15H9ClF3O/c1-2-6-20-9-7-12(17)14(13(18)8-9)10-4-3-5-11(16)15(10)19/h2-3,5,7-8H,1,6H2. The van der Waals surface area contributed by atoms with Crippen molar-refractivity contribution in [2.75, 3.05) is 6.61 Å². The molecule has 20 heavy (non-hydrogen) atoms. The van der Waals surface area contributed by atoms with Crippen LogP contribution in [-0.4, -0.2) is 6.61 Å². The van der Waals surface area contributed by atoms with Gasteiger partial charge in [-0.15, -0.1) is 0 Å². The maximum Gasteiger partial charge on any atom is 0.150 e. The van der Waals surface area contributed by atoms with Gasteiger partial charge in [0, 0.05) is 17.7 Å². The normalized spacial score (nSPS) is 10.4. The third-order valence-electron chi connectivity index (χ3n) is 2.52. The molecule has 2 aromatic rings. The summed E-state index contributed by atoms with van der Waals surface area (Å²) in [5.41, 5.74) is -0.890. The van der Waals surface area contributed by atoms with Crippen LogP contribution < -0.4 is 4.74 Å². The predicted molar refractivity (Wildman–Crippen MR) is 71.3 cm³/mol. The lowest BCUT2D eigenvalue weighted by atomic mass is 10.0. The van der Waals surface area contributed by atoms with Gasteiger partial charge in [-0.1, -0.05) is 30.3 Å². The second-order valence-corrected chi connectivity index (χ2v) is 4.28. The Balaban J connectivity index is 2.52. The summed E-state index contributed by atoms with van der Waals surface area (Å²) in [6, 6.07) is 6.92. The molecule has 2 aromatic carbocycles. The number of halogens is 4. The fourth-order valence-corrected chi connectivity index (χ4v) is 1.82. The van der Waals surface area contributed by atoms with Gasteiger partial charge < -0.3 is 4.74 Å². The van der Waals surface area contributed by atoms with Crippen molar-refractivity contribution in [1.82, 2.24) is 0 Å². The molecule has 1 nitrogen and oxygen atoms in total. The summed E-state index contributed by atoms with van der Waals surface area (Å²) >= 11 is 5.59.